The maximum absolute atomic E-state index is 12.7. The number of nitrogens with one attached hydrogen (secondary N) is 1. The second-order valence-electron chi connectivity index (χ2n) is 6.77. The highest BCUT2D eigenvalue weighted by molar-refractivity contribution is 9.10. The van der Waals surface area contributed by atoms with Gasteiger partial charge in [-0.1, -0.05) is 36.4 Å². The molecule has 0 saturated carbocycles. The minimum Gasteiger partial charge on any atom is -0.444 e. The molecule has 0 bridgehead atoms. The number of hydrogen-bond acceptors (Lipinski definition) is 3. The van der Waals surface area contributed by atoms with Gasteiger partial charge in [0.25, 0.3) is 5.91 Å². The Morgan fingerprint density at radius 2 is 1.76 bits per heavy atom. The lowest BCUT2D eigenvalue weighted by molar-refractivity contribution is -0.130. The molecule has 0 fully saturated rings. The Morgan fingerprint density at radius 3 is 2.38 bits per heavy atom. The number of nitrogens with zero attached hydrogens (tertiary/aromatic N) is 1. The Bertz CT molecular complexity index is 995. The van der Waals surface area contributed by atoms with Crippen LogP contribution in [0.25, 0.3) is 0 Å². The number of carbonyl (C=O) groups excluding carboxylic acids is 2. The van der Waals surface area contributed by atoms with E-state index in [1.54, 1.807) is 24.3 Å². The number of hydrogen-bond donors (Lipinski definition) is 1. The quantitative estimate of drug-likeness (QED) is 0.533. The molecule has 0 aliphatic heterocycles. The molecule has 2 amide bonds. The normalized spacial score (nSPS) is 10.6. The van der Waals surface area contributed by atoms with E-state index in [9.17, 15) is 9.59 Å². The van der Waals surface area contributed by atoms with Gasteiger partial charge in [0.15, 0.2) is 10.4 Å². The topological polar surface area (TPSA) is 62.6 Å². The summed E-state index contributed by atoms with van der Waals surface area (Å²) in [6.07, 6.45) is 0.319. The van der Waals surface area contributed by atoms with Crippen LogP contribution in [0.15, 0.2) is 69.8 Å². The third-order valence-electron chi connectivity index (χ3n) is 4.72. The molecule has 1 aromatic heterocycles. The zero-order valence-electron chi connectivity index (χ0n) is 16.4. The zero-order valence-corrected chi connectivity index (χ0v) is 18.0. The fourth-order valence-corrected chi connectivity index (χ4v) is 3.30. The minimum atomic E-state index is -0.324. The van der Waals surface area contributed by atoms with E-state index in [-0.39, 0.29) is 17.6 Å². The average molecular weight is 455 g/mol. The molecular weight excluding hydrogens is 432 g/mol. The fourth-order valence-electron chi connectivity index (χ4n) is 2.99. The van der Waals surface area contributed by atoms with Gasteiger partial charge in [-0.05, 0) is 70.7 Å². The Balaban J connectivity index is 1.60. The summed E-state index contributed by atoms with van der Waals surface area (Å²) in [7, 11) is 0. The SMILES string of the molecule is CCN(Cc1ccccc1C)C(=O)Cc1ccc(NC(=O)c2ccc(Br)o2)cc1. The number of benzene rings is 2. The molecule has 3 rings (SSSR count). The van der Waals surface area contributed by atoms with Crippen molar-refractivity contribution in [3.63, 3.8) is 0 Å². The monoisotopic (exact) mass is 454 g/mol. The first kappa shape index (κ1) is 20.9. The molecule has 6 heteroatoms. The third kappa shape index (κ3) is 5.57. The summed E-state index contributed by atoms with van der Waals surface area (Å²) in [4.78, 5) is 26.7. The van der Waals surface area contributed by atoms with Crippen molar-refractivity contribution in [2.24, 2.45) is 0 Å². The molecule has 0 unspecified atom stereocenters. The molecule has 2 aromatic carbocycles. The number of carbonyl (C=O) groups is 2. The van der Waals surface area contributed by atoms with E-state index in [1.807, 2.05) is 36.1 Å². The Morgan fingerprint density at radius 1 is 1.03 bits per heavy atom. The van der Waals surface area contributed by atoms with Crippen molar-refractivity contribution in [3.8, 4) is 0 Å². The lowest BCUT2D eigenvalue weighted by Crippen LogP contribution is -2.31. The summed E-state index contributed by atoms with van der Waals surface area (Å²) < 4.78 is 5.75. The molecule has 0 atom stereocenters. The van der Waals surface area contributed by atoms with E-state index in [2.05, 4.69) is 40.3 Å². The first-order valence-electron chi connectivity index (χ1n) is 9.44. The molecule has 150 valence electrons. The van der Waals surface area contributed by atoms with E-state index in [0.29, 0.717) is 29.9 Å². The van der Waals surface area contributed by atoms with Crippen molar-refractivity contribution in [2.45, 2.75) is 26.8 Å². The first-order chi connectivity index (χ1) is 14.0. The summed E-state index contributed by atoms with van der Waals surface area (Å²) >= 11 is 3.18. The van der Waals surface area contributed by atoms with E-state index >= 15 is 0 Å². The number of furan rings is 1. The highest BCUT2D eigenvalue weighted by atomic mass is 79.9. The van der Waals surface area contributed by atoms with Gasteiger partial charge in [-0.3, -0.25) is 9.59 Å². The van der Waals surface area contributed by atoms with Crippen LogP contribution in [0.3, 0.4) is 0 Å². The van der Waals surface area contributed by atoms with Gasteiger partial charge >= 0.3 is 0 Å². The van der Waals surface area contributed by atoms with Gasteiger partial charge < -0.3 is 14.6 Å². The standard InChI is InChI=1S/C23H23BrN2O3/c1-3-26(15-18-7-5-4-6-16(18)2)22(27)14-17-8-10-19(11-9-17)25-23(28)20-12-13-21(24)29-20/h4-13H,3,14-15H2,1-2H3,(H,25,28). The van der Waals surface area contributed by atoms with Crippen LogP contribution in [-0.2, 0) is 17.8 Å². The lowest BCUT2D eigenvalue weighted by atomic mass is 10.1. The highest BCUT2D eigenvalue weighted by Gasteiger charge is 2.14. The number of amides is 2. The van der Waals surface area contributed by atoms with Crippen LogP contribution in [0.4, 0.5) is 5.69 Å². The number of likely N-dealkylation sites (N-methyl/N-ethyl adjacent to an activating group) is 1. The van der Waals surface area contributed by atoms with Crippen LogP contribution >= 0.6 is 15.9 Å². The van der Waals surface area contributed by atoms with Crippen LogP contribution in [0.1, 0.15) is 34.2 Å². The molecule has 0 aliphatic carbocycles. The van der Waals surface area contributed by atoms with Crippen molar-refractivity contribution in [1.82, 2.24) is 4.90 Å². The number of halogens is 1. The van der Waals surface area contributed by atoms with Gasteiger partial charge in [-0.2, -0.15) is 0 Å². The summed E-state index contributed by atoms with van der Waals surface area (Å²) in [5, 5.41) is 2.78. The van der Waals surface area contributed by atoms with Crippen molar-refractivity contribution in [2.75, 3.05) is 11.9 Å². The fraction of sp³-hybridized carbons (Fsp3) is 0.217. The van der Waals surface area contributed by atoms with E-state index in [4.69, 9.17) is 4.42 Å². The van der Waals surface area contributed by atoms with Crippen LogP contribution in [0.5, 0.6) is 0 Å². The Kier molecular flexibility index (Phi) is 6.88. The molecule has 29 heavy (non-hydrogen) atoms. The molecule has 0 aliphatic rings. The molecule has 0 saturated heterocycles. The van der Waals surface area contributed by atoms with Gasteiger partial charge in [-0.25, -0.2) is 0 Å². The molecule has 1 N–H and O–H groups in total. The molecule has 3 aromatic rings. The van der Waals surface area contributed by atoms with Crippen molar-refractivity contribution in [1.29, 1.82) is 0 Å². The first-order valence-corrected chi connectivity index (χ1v) is 10.2. The molecule has 5 nitrogen and oxygen atoms in total. The number of aryl methyl sites for hydroxylation is 1. The lowest BCUT2D eigenvalue weighted by Gasteiger charge is -2.22. The van der Waals surface area contributed by atoms with Crippen molar-refractivity contribution in [3.05, 3.63) is 87.8 Å². The van der Waals surface area contributed by atoms with Gasteiger partial charge in [-0.15, -0.1) is 0 Å². The van der Waals surface area contributed by atoms with Crippen LogP contribution in [0, 0.1) is 6.92 Å². The third-order valence-corrected chi connectivity index (χ3v) is 5.15. The van der Waals surface area contributed by atoms with Crippen molar-refractivity contribution < 1.29 is 14.0 Å². The number of anilines is 1. The largest absolute Gasteiger partial charge is 0.444 e. The Labute approximate surface area is 178 Å². The highest BCUT2D eigenvalue weighted by Crippen LogP contribution is 2.17. The minimum absolute atomic E-state index is 0.0768. The van der Waals surface area contributed by atoms with E-state index in [0.717, 1.165) is 11.1 Å². The second-order valence-corrected chi connectivity index (χ2v) is 7.55. The predicted molar refractivity (Wildman–Crippen MR) is 117 cm³/mol. The molecule has 0 spiro atoms. The van der Waals surface area contributed by atoms with Gasteiger partial charge in [0, 0.05) is 18.8 Å². The summed E-state index contributed by atoms with van der Waals surface area (Å²) in [5.41, 5.74) is 3.88. The maximum atomic E-state index is 12.7. The summed E-state index contributed by atoms with van der Waals surface area (Å²) in [6.45, 7) is 5.30. The van der Waals surface area contributed by atoms with E-state index in [1.165, 1.54) is 5.56 Å². The maximum Gasteiger partial charge on any atom is 0.291 e. The Hall–Kier alpha value is -2.86. The van der Waals surface area contributed by atoms with E-state index < -0.39 is 0 Å². The molecule has 0 radical (unpaired) electrons. The van der Waals surface area contributed by atoms with Gasteiger partial charge in [0.2, 0.25) is 5.91 Å². The average Bonchev–Trinajstić information content (AvgIpc) is 3.15. The molecule has 1 heterocycles. The number of rotatable bonds is 7. The summed E-state index contributed by atoms with van der Waals surface area (Å²) in [6, 6.07) is 18.7. The van der Waals surface area contributed by atoms with Crippen LogP contribution < -0.4 is 5.32 Å². The van der Waals surface area contributed by atoms with Crippen LogP contribution in [0.2, 0.25) is 0 Å². The van der Waals surface area contributed by atoms with Crippen LogP contribution in [-0.4, -0.2) is 23.3 Å². The molecular formula is C23H23BrN2O3. The zero-order chi connectivity index (χ0) is 20.8. The smallest absolute Gasteiger partial charge is 0.291 e. The van der Waals surface area contributed by atoms with Gasteiger partial charge in [0.05, 0.1) is 6.42 Å². The van der Waals surface area contributed by atoms with Gasteiger partial charge in [0.1, 0.15) is 0 Å². The summed E-state index contributed by atoms with van der Waals surface area (Å²) in [5.74, 6) is -0.0196. The second kappa shape index (κ2) is 9.56. The predicted octanol–water partition coefficient (Wildman–Crippen LogP) is 5.19. The van der Waals surface area contributed by atoms with Crippen molar-refractivity contribution >= 4 is 33.4 Å².